The molecule has 0 atom stereocenters. The summed E-state index contributed by atoms with van der Waals surface area (Å²) >= 11 is 1.42. The molecule has 0 spiro atoms. The smallest absolute Gasteiger partial charge is 0.231 e. The summed E-state index contributed by atoms with van der Waals surface area (Å²) in [6, 6.07) is 7.68. The van der Waals surface area contributed by atoms with E-state index in [0.29, 0.717) is 5.13 Å². The van der Waals surface area contributed by atoms with E-state index in [1.807, 2.05) is 24.3 Å². The zero-order valence-corrected chi connectivity index (χ0v) is 13.4. The molecule has 2 heterocycles. The highest BCUT2D eigenvalue weighted by atomic mass is 32.2. The molecule has 2 aliphatic rings. The van der Waals surface area contributed by atoms with Gasteiger partial charge in [0.1, 0.15) is 0 Å². The lowest BCUT2D eigenvalue weighted by Crippen LogP contribution is -2.55. The summed E-state index contributed by atoms with van der Waals surface area (Å²) in [7, 11) is -3.15. The summed E-state index contributed by atoms with van der Waals surface area (Å²) in [6.45, 7) is 0.575. The number of fused-ring (bicyclic) bond motifs is 1. The van der Waals surface area contributed by atoms with Crippen molar-refractivity contribution in [1.82, 2.24) is 9.29 Å². The number of hydrogen-bond donors (Lipinski definition) is 1. The Kier molecular flexibility index (Phi) is 3.21. The summed E-state index contributed by atoms with van der Waals surface area (Å²) < 4.78 is 26.4. The Morgan fingerprint density at radius 1 is 1.27 bits per heavy atom. The van der Waals surface area contributed by atoms with Crippen LogP contribution in [-0.2, 0) is 14.8 Å². The van der Waals surface area contributed by atoms with E-state index >= 15 is 0 Å². The van der Waals surface area contributed by atoms with Crippen molar-refractivity contribution < 1.29 is 13.2 Å². The minimum absolute atomic E-state index is 0.152. The van der Waals surface area contributed by atoms with Crippen LogP contribution in [0.1, 0.15) is 12.8 Å². The van der Waals surface area contributed by atoms with Crippen molar-refractivity contribution in [3.63, 3.8) is 0 Å². The number of carbonyl (C=O) groups excluding carboxylic acids is 1. The fourth-order valence-corrected chi connectivity index (χ4v) is 5.32. The van der Waals surface area contributed by atoms with Gasteiger partial charge in [0.05, 0.1) is 21.4 Å². The lowest BCUT2D eigenvalue weighted by Gasteiger charge is -2.36. The van der Waals surface area contributed by atoms with Crippen molar-refractivity contribution in [2.45, 2.75) is 18.1 Å². The third-order valence-corrected chi connectivity index (χ3v) is 7.33. The molecule has 1 aromatic carbocycles. The summed E-state index contributed by atoms with van der Waals surface area (Å²) in [5, 5.41) is 3.15. The fourth-order valence-electron chi connectivity index (χ4n) is 2.52. The van der Waals surface area contributed by atoms with Crippen LogP contribution in [0.15, 0.2) is 24.3 Å². The SMILES string of the molecule is O=C(Nc1nc2ccccc2s1)C1CN(S(=O)(=O)C2CC2)C1. The molecule has 6 nitrogen and oxygen atoms in total. The molecule has 1 aliphatic heterocycles. The number of sulfonamides is 1. The van der Waals surface area contributed by atoms with Crippen molar-refractivity contribution in [2.75, 3.05) is 18.4 Å². The second-order valence-electron chi connectivity index (χ2n) is 5.73. The van der Waals surface area contributed by atoms with Gasteiger partial charge in [-0.15, -0.1) is 0 Å². The molecule has 116 valence electrons. The van der Waals surface area contributed by atoms with E-state index in [0.717, 1.165) is 23.1 Å². The predicted octanol–water partition coefficient (Wildman–Crippen LogP) is 1.66. The van der Waals surface area contributed by atoms with Gasteiger partial charge in [0.25, 0.3) is 0 Å². The summed E-state index contributed by atoms with van der Waals surface area (Å²) in [6.07, 6.45) is 1.50. The average molecular weight is 337 g/mol. The summed E-state index contributed by atoms with van der Waals surface area (Å²) in [4.78, 5) is 16.5. The Labute approximate surface area is 132 Å². The van der Waals surface area contributed by atoms with E-state index in [2.05, 4.69) is 10.3 Å². The van der Waals surface area contributed by atoms with E-state index in [9.17, 15) is 13.2 Å². The summed E-state index contributed by atoms with van der Waals surface area (Å²) in [5.41, 5.74) is 0.856. The molecule has 1 aliphatic carbocycles. The Morgan fingerprint density at radius 3 is 2.68 bits per heavy atom. The third kappa shape index (κ3) is 2.41. The highest BCUT2D eigenvalue weighted by Gasteiger charge is 2.46. The molecule has 8 heteroatoms. The normalized spacial score (nSPS) is 20.0. The van der Waals surface area contributed by atoms with Crippen LogP contribution >= 0.6 is 11.3 Å². The van der Waals surface area contributed by atoms with Gasteiger partial charge in [-0.3, -0.25) is 4.79 Å². The quantitative estimate of drug-likeness (QED) is 0.920. The standard InChI is InChI=1S/C14H15N3O3S2/c18-13(9-7-17(8-9)22(19,20)10-5-6-10)16-14-15-11-3-1-2-4-12(11)21-14/h1-4,9-10H,5-8H2,(H,15,16,18). The molecule has 2 fully saturated rings. The summed E-state index contributed by atoms with van der Waals surface area (Å²) in [5.74, 6) is -0.429. The van der Waals surface area contributed by atoms with E-state index in [1.165, 1.54) is 15.6 Å². The first-order valence-corrected chi connectivity index (χ1v) is 9.51. The van der Waals surface area contributed by atoms with Crippen LogP contribution in [0.3, 0.4) is 0 Å². The second-order valence-corrected chi connectivity index (χ2v) is 8.98. The monoisotopic (exact) mass is 337 g/mol. The molecule has 2 aromatic rings. The van der Waals surface area contributed by atoms with Crippen LogP contribution in [0.4, 0.5) is 5.13 Å². The highest BCUT2D eigenvalue weighted by Crippen LogP contribution is 2.35. The minimum Gasteiger partial charge on any atom is -0.302 e. The first-order valence-electron chi connectivity index (χ1n) is 7.19. The molecule has 1 saturated carbocycles. The highest BCUT2D eigenvalue weighted by molar-refractivity contribution is 7.90. The van der Waals surface area contributed by atoms with Gasteiger partial charge in [-0.2, -0.15) is 4.31 Å². The molecule has 4 rings (SSSR count). The first-order chi connectivity index (χ1) is 10.5. The van der Waals surface area contributed by atoms with Crippen LogP contribution in [0.25, 0.3) is 10.2 Å². The first kappa shape index (κ1) is 14.1. The van der Waals surface area contributed by atoms with Crippen molar-refractivity contribution in [2.24, 2.45) is 5.92 Å². The number of aromatic nitrogens is 1. The number of nitrogens with one attached hydrogen (secondary N) is 1. The number of benzene rings is 1. The lowest BCUT2D eigenvalue weighted by atomic mass is 10.0. The number of carbonyl (C=O) groups is 1. The Hall–Kier alpha value is -1.51. The number of anilines is 1. The van der Waals surface area contributed by atoms with Crippen LogP contribution < -0.4 is 5.32 Å². The number of amides is 1. The number of para-hydroxylation sites is 1. The van der Waals surface area contributed by atoms with Crippen molar-refractivity contribution in [3.05, 3.63) is 24.3 Å². The number of hydrogen-bond acceptors (Lipinski definition) is 5. The maximum atomic E-state index is 12.2. The molecule has 1 aromatic heterocycles. The predicted molar refractivity (Wildman–Crippen MR) is 85.3 cm³/mol. The van der Waals surface area contributed by atoms with Gasteiger partial charge in [-0.25, -0.2) is 13.4 Å². The third-order valence-electron chi connectivity index (χ3n) is 4.05. The molecular weight excluding hydrogens is 322 g/mol. The van der Waals surface area contributed by atoms with E-state index < -0.39 is 10.0 Å². The topological polar surface area (TPSA) is 79.4 Å². The van der Waals surface area contributed by atoms with Gasteiger partial charge in [0.2, 0.25) is 15.9 Å². The van der Waals surface area contributed by atoms with Crippen molar-refractivity contribution in [3.8, 4) is 0 Å². The van der Waals surface area contributed by atoms with Crippen LogP contribution in [0, 0.1) is 5.92 Å². The van der Waals surface area contributed by atoms with Gasteiger partial charge >= 0.3 is 0 Å². The Morgan fingerprint density at radius 2 is 2.00 bits per heavy atom. The maximum absolute atomic E-state index is 12.2. The molecule has 1 saturated heterocycles. The zero-order chi connectivity index (χ0) is 15.3. The lowest BCUT2D eigenvalue weighted by molar-refractivity contribution is -0.122. The van der Waals surface area contributed by atoms with Crippen LogP contribution in [0.5, 0.6) is 0 Å². The molecule has 0 unspecified atom stereocenters. The fraction of sp³-hybridized carbons (Fsp3) is 0.429. The van der Waals surface area contributed by atoms with Gasteiger partial charge in [0, 0.05) is 13.1 Å². The molecule has 22 heavy (non-hydrogen) atoms. The van der Waals surface area contributed by atoms with Gasteiger partial charge in [-0.05, 0) is 25.0 Å². The molecule has 1 amide bonds. The van der Waals surface area contributed by atoms with E-state index in [4.69, 9.17) is 0 Å². The van der Waals surface area contributed by atoms with Crippen LogP contribution in [-0.4, -0.2) is 42.0 Å². The van der Waals surface area contributed by atoms with E-state index in [1.54, 1.807) is 0 Å². The maximum Gasteiger partial charge on any atom is 0.231 e. The Bertz CT molecular complexity index is 803. The average Bonchev–Trinajstić information content (AvgIpc) is 3.18. The molecular formula is C14H15N3O3S2. The van der Waals surface area contributed by atoms with Crippen molar-refractivity contribution >= 4 is 42.6 Å². The largest absolute Gasteiger partial charge is 0.302 e. The minimum atomic E-state index is -3.15. The number of rotatable bonds is 4. The second kappa shape index (κ2) is 5.00. The number of nitrogens with zero attached hydrogens (tertiary/aromatic N) is 2. The zero-order valence-electron chi connectivity index (χ0n) is 11.7. The van der Waals surface area contributed by atoms with E-state index in [-0.39, 0.29) is 30.2 Å². The molecule has 0 radical (unpaired) electrons. The van der Waals surface area contributed by atoms with Gasteiger partial charge in [-0.1, -0.05) is 23.5 Å². The van der Waals surface area contributed by atoms with Gasteiger partial charge < -0.3 is 5.32 Å². The van der Waals surface area contributed by atoms with Gasteiger partial charge in [0.15, 0.2) is 5.13 Å². The van der Waals surface area contributed by atoms with Crippen molar-refractivity contribution in [1.29, 1.82) is 0 Å². The number of thiazole rings is 1. The molecule has 1 N–H and O–H groups in total. The Balaban J connectivity index is 1.39. The molecule has 0 bridgehead atoms. The van der Waals surface area contributed by atoms with Crippen LogP contribution in [0.2, 0.25) is 0 Å².